The Morgan fingerprint density at radius 3 is 2.67 bits per heavy atom. The molecular weight excluding hydrogens is 288 g/mol. The Morgan fingerprint density at radius 2 is 1.76 bits per heavy atom. The van der Waals surface area contributed by atoms with E-state index in [1.165, 1.54) is 12.8 Å². The van der Waals surface area contributed by atoms with Gasteiger partial charge in [-0.2, -0.15) is 0 Å². The number of halogens is 1. The van der Waals surface area contributed by atoms with Crippen molar-refractivity contribution in [2.75, 3.05) is 13.2 Å². The lowest BCUT2D eigenvalue weighted by molar-refractivity contribution is 0.171. The van der Waals surface area contributed by atoms with Crippen molar-refractivity contribution in [2.24, 2.45) is 0 Å². The summed E-state index contributed by atoms with van der Waals surface area (Å²) in [7, 11) is 0. The largest absolute Gasteiger partial charge is 0.486 e. The summed E-state index contributed by atoms with van der Waals surface area (Å²) in [5.74, 6) is 2.18. The van der Waals surface area contributed by atoms with Gasteiger partial charge in [0.1, 0.15) is 18.4 Å². The Kier molecular flexibility index (Phi) is 3.19. The summed E-state index contributed by atoms with van der Waals surface area (Å²) in [6, 6.07) is 5.78. The summed E-state index contributed by atoms with van der Waals surface area (Å²) in [4.78, 5) is 9.16. The van der Waals surface area contributed by atoms with Crippen LogP contribution in [0.1, 0.15) is 24.1 Å². The van der Waals surface area contributed by atoms with E-state index < -0.39 is 0 Å². The molecule has 0 fully saturated rings. The predicted molar refractivity (Wildman–Crippen MR) is 80.1 cm³/mol. The zero-order valence-electron chi connectivity index (χ0n) is 11.6. The Bertz CT molecular complexity index is 703. The summed E-state index contributed by atoms with van der Waals surface area (Å²) in [6.07, 6.45) is 4.30. The van der Waals surface area contributed by atoms with Crippen molar-refractivity contribution in [1.29, 1.82) is 0 Å². The van der Waals surface area contributed by atoms with Gasteiger partial charge in [0.2, 0.25) is 0 Å². The second-order valence-electron chi connectivity index (χ2n) is 5.33. The van der Waals surface area contributed by atoms with Crippen molar-refractivity contribution in [3.63, 3.8) is 0 Å². The molecule has 1 aromatic carbocycles. The maximum Gasteiger partial charge on any atom is 0.162 e. The van der Waals surface area contributed by atoms with Crippen LogP contribution in [0.15, 0.2) is 18.2 Å². The van der Waals surface area contributed by atoms with Crippen molar-refractivity contribution in [3.8, 4) is 22.9 Å². The Labute approximate surface area is 128 Å². The van der Waals surface area contributed by atoms with Crippen molar-refractivity contribution in [3.05, 3.63) is 34.6 Å². The fourth-order valence-electron chi connectivity index (χ4n) is 2.86. The van der Waals surface area contributed by atoms with Crippen molar-refractivity contribution >= 4 is 11.6 Å². The topological polar surface area (TPSA) is 44.2 Å². The molecule has 0 bridgehead atoms. The second-order valence-corrected chi connectivity index (χ2v) is 5.69. The van der Waals surface area contributed by atoms with Crippen molar-refractivity contribution in [2.45, 2.75) is 25.7 Å². The number of rotatable bonds is 1. The first-order valence-electron chi connectivity index (χ1n) is 7.26. The summed E-state index contributed by atoms with van der Waals surface area (Å²) >= 11 is 6.33. The highest BCUT2D eigenvalue weighted by atomic mass is 35.5. The maximum absolute atomic E-state index is 6.33. The van der Waals surface area contributed by atoms with Gasteiger partial charge in [0.05, 0.1) is 0 Å². The molecule has 0 N–H and O–H groups in total. The minimum absolute atomic E-state index is 0.572. The lowest BCUT2D eigenvalue weighted by Gasteiger charge is -2.19. The van der Waals surface area contributed by atoms with Gasteiger partial charge in [0.25, 0.3) is 0 Å². The summed E-state index contributed by atoms with van der Waals surface area (Å²) < 4.78 is 11.2. The van der Waals surface area contributed by atoms with Crippen molar-refractivity contribution < 1.29 is 9.47 Å². The van der Waals surface area contributed by atoms with Gasteiger partial charge in [-0.3, -0.25) is 0 Å². The van der Waals surface area contributed by atoms with E-state index in [0.717, 1.165) is 41.2 Å². The van der Waals surface area contributed by atoms with Gasteiger partial charge >= 0.3 is 0 Å². The number of fused-ring (bicyclic) bond motifs is 2. The molecule has 0 unspecified atom stereocenters. The van der Waals surface area contributed by atoms with E-state index in [4.69, 9.17) is 26.1 Å². The minimum atomic E-state index is 0.572. The average molecular weight is 303 g/mol. The van der Waals surface area contributed by atoms with Crippen LogP contribution in [-0.4, -0.2) is 23.2 Å². The van der Waals surface area contributed by atoms with Crippen LogP contribution in [0.2, 0.25) is 5.15 Å². The first-order chi connectivity index (χ1) is 10.3. The lowest BCUT2D eigenvalue weighted by Crippen LogP contribution is -2.15. The summed E-state index contributed by atoms with van der Waals surface area (Å²) in [5.41, 5.74) is 3.12. The molecule has 21 heavy (non-hydrogen) atoms. The van der Waals surface area contributed by atoms with Crippen LogP contribution in [0.4, 0.5) is 0 Å². The van der Waals surface area contributed by atoms with Gasteiger partial charge in [0.15, 0.2) is 17.3 Å². The quantitative estimate of drug-likeness (QED) is 0.757. The van der Waals surface area contributed by atoms with Crippen LogP contribution in [-0.2, 0) is 12.8 Å². The van der Waals surface area contributed by atoms with Crippen LogP contribution in [0.5, 0.6) is 11.5 Å². The first kappa shape index (κ1) is 12.9. The molecule has 1 aromatic heterocycles. The van der Waals surface area contributed by atoms with Gasteiger partial charge in [-0.1, -0.05) is 11.6 Å². The second kappa shape index (κ2) is 5.19. The molecule has 5 heteroatoms. The molecule has 0 radical (unpaired) electrons. The molecule has 2 aromatic rings. The van der Waals surface area contributed by atoms with E-state index in [0.29, 0.717) is 24.2 Å². The Balaban J connectivity index is 1.78. The molecule has 2 aliphatic rings. The third-order valence-electron chi connectivity index (χ3n) is 3.93. The smallest absolute Gasteiger partial charge is 0.162 e. The average Bonchev–Trinajstić information content (AvgIpc) is 2.54. The van der Waals surface area contributed by atoms with Gasteiger partial charge in [-0.05, 0) is 43.9 Å². The molecule has 0 atom stereocenters. The molecule has 4 nitrogen and oxygen atoms in total. The van der Waals surface area contributed by atoms with Crippen molar-refractivity contribution in [1.82, 2.24) is 9.97 Å². The van der Waals surface area contributed by atoms with E-state index in [9.17, 15) is 0 Å². The molecule has 0 spiro atoms. The molecule has 2 heterocycles. The number of ether oxygens (including phenoxy) is 2. The molecule has 4 rings (SSSR count). The van der Waals surface area contributed by atoms with Gasteiger partial charge < -0.3 is 9.47 Å². The van der Waals surface area contributed by atoms with Crippen LogP contribution in [0, 0.1) is 0 Å². The van der Waals surface area contributed by atoms with E-state index in [2.05, 4.69) is 4.98 Å². The SMILES string of the molecule is Clc1nc(-c2ccc3c(c2)OCCO3)nc2c1CCCC2. The molecule has 0 saturated heterocycles. The molecular formula is C16H15ClN2O2. The fraction of sp³-hybridized carbons (Fsp3) is 0.375. The molecule has 0 amide bonds. The number of hydrogen-bond donors (Lipinski definition) is 0. The number of benzene rings is 1. The first-order valence-corrected chi connectivity index (χ1v) is 7.64. The number of hydrogen-bond acceptors (Lipinski definition) is 4. The standard InChI is InChI=1S/C16H15ClN2O2/c17-15-11-3-1-2-4-12(11)18-16(19-15)10-5-6-13-14(9-10)21-8-7-20-13/h5-6,9H,1-4,7-8H2. The number of aryl methyl sites for hydroxylation is 1. The van der Waals surface area contributed by atoms with E-state index >= 15 is 0 Å². The fourth-order valence-corrected chi connectivity index (χ4v) is 3.14. The maximum atomic E-state index is 6.33. The van der Waals surface area contributed by atoms with Crippen LogP contribution in [0.25, 0.3) is 11.4 Å². The monoisotopic (exact) mass is 302 g/mol. The van der Waals surface area contributed by atoms with Gasteiger partial charge in [-0.15, -0.1) is 0 Å². The zero-order valence-corrected chi connectivity index (χ0v) is 12.3. The minimum Gasteiger partial charge on any atom is -0.486 e. The molecule has 0 saturated carbocycles. The van der Waals surface area contributed by atoms with Gasteiger partial charge in [-0.25, -0.2) is 9.97 Å². The third-order valence-corrected chi connectivity index (χ3v) is 4.25. The summed E-state index contributed by atoms with van der Waals surface area (Å²) in [6.45, 7) is 1.16. The van der Waals surface area contributed by atoms with E-state index in [1.54, 1.807) is 0 Å². The third kappa shape index (κ3) is 2.33. The highest BCUT2D eigenvalue weighted by molar-refractivity contribution is 6.30. The van der Waals surface area contributed by atoms with Crippen LogP contribution >= 0.6 is 11.6 Å². The van der Waals surface area contributed by atoms with E-state index in [-0.39, 0.29) is 0 Å². The molecule has 1 aliphatic heterocycles. The van der Waals surface area contributed by atoms with Crippen LogP contribution in [0.3, 0.4) is 0 Å². The van der Waals surface area contributed by atoms with Gasteiger partial charge in [0, 0.05) is 16.8 Å². The highest BCUT2D eigenvalue weighted by Crippen LogP contribution is 2.35. The number of nitrogens with zero attached hydrogens (tertiary/aromatic N) is 2. The molecule has 1 aliphatic carbocycles. The Morgan fingerprint density at radius 1 is 0.952 bits per heavy atom. The highest BCUT2D eigenvalue weighted by Gasteiger charge is 2.19. The zero-order chi connectivity index (χ0) is 14.2. The van der Waals surface area contributed by atoms with Crippen LogP contribution < -0.4 is 9.47 Å². The lowest BCUT2D eigenvalue weighted by atomic mass is 9.97. The predicted octanol–water partition coefficient (Wildman–Crippen LogP) is 3.45. The number of aromatic nitrogens is 2. The molecule has 108 valence electrons. The summed E-state index contributed by atoms with van der Waals surface area (Å²) in [5, 5.41) is 0.588. The van der Waals surface area contributed by atoms with E-state index in [1.807, 2.05) is 18.2 Å². The Hall–Kier alpha value is -1.81. The normalized spacial score (nSPS) is 16.4.